The van der Waals surface area contributed by atoms with Gasteiger partial charge in [0.2, 0.25) is 0 Å². The molecule has 0 radical (unpaired) electrons. The summed E-state index contributed by atoms with van der Waals surface area (Å²) in [7, 11) is 0. The van der Waals surface area contributed by atoms with Gasteiger partial charge in [0.15, 0.2) is 11.5 Å². The van der Waals surface area contributed by atoms with Gasteiger partial charge in [-0.15, -0.1) is 0 Å². The van der Waals surface area contributed by atoms with Crippen LogP contribution in [0.3, 0.4) is 0 Å². The molecule has 0 bridgehead atoms. The minimum Gasteiger partial charge on any atom is -0.486 e. The minimum absolute atomic E-state index is 0.0151. The summed E-state index contributed by atoms with van der Waals surface area (Å²) in [6.07, 6.45) is 0. The van der Waals surface area contributed by atoms with Crippen molar-refractivity contribution in [2.75, 3.05) is 44.5 Å². The van der Waals surface area contributed by atoms with E-state index < -0.39 is 0 Å². The smallest absolute Gasteiger partial charge is 0.163 e. The minimum atomic E-state index is 0.0151. The van der Waals surface area contributed by atoms with Crippen molar-refractivity contribution in [3.8, 4) is 11.5 Å². The quantitative estimate of drug-likeness (QED) is 0.836. The maximum Gasteiger partial charge on any atom is 0.163 e. The molecule has 98 valence electrons. The number of aliphatic hydroxyl groups is 1. The van der Waals surface area contributed by atoms with E-state index >= 15 is 0 Å². The first kappa shape index (κ1) is 11.6. The van der Waals surface area contributed by atoms with Gasteiger partial charge in [-0.1, -0.05) is 0 Å². The molecule has 1 unspecified atom stereocenters. The topological polar surface area (TPSA) is 51.2 Å². The number of aliphatic hydroxyl groups excluding tert-OH is 1. The maximum atomic E-state index is 9.38. The largest absolute Gasteiger partial charge is 0.486 e. The number of hydrogen-bond donors (Lipinski definition) is 1. The Hall–Kier alpha value is -1.46. The summed E-state index contributed by atoms with van der Waals surface area (Å²) >= 11 is 0. The molecule has 2 heterocycles. The van der Waals surface area contributed by atoms with Crippen LogP contribution in [0.4, 0.5) is 5.69 Å². The second-order valence-corrected chi connectivity index (χ2v) is 4.43. The fourth-order valence-corrected chi connectivity index (χ4v) is 2.36. The number of hydrogen-bond acceptors (Lipinski definition) is 5. The van der Waals surface area contributed by atoms with E-state index in [0.29, 0.717) is 26.4 Å². The molecule has 1 fully saturated rings. The van der Waals surface area contributed by atoms with Crippen molar-refractivity contribution in [1.82, 2.24) is 0 Å². The Morgan fingerprint density at radius 1 is 1.17 bits per heavy atom. The molecule has 3 rings (SSSR count). The van der Waals surface area contributed by atoms with Crippen molar-refractivity contribution in [3.63, 3.8) is 0 Å². The van der Waals surface area contributed by atoms with Crippen LogP contribution < -0.4 is 14.4 Å². The van der Waals surface area contributed by atoms with Crippen molar-refractivity contribution in [2.45, 2.75) is 6.04 Å². The van der Waals surface area contributed by atoms with Gasteiger partial charge in [0.1, 0.15) is 13.2 Å². The molecular formula is C13H17NO4. The van der Waals surface area contributed by atoms with Crippen LogP contribution >= 0.6 is 0 Å². The van der Waals surface area contributed by atoms with Crippen molar-refractivity contribution in [2.24, 2.45) is 0 Å². The lowest BCUT2D eigenvalue weighted by Crippen LogP contribution is -2.47. The zero-order valence-corrected chi connectivity index (χ0v) is 10.2. The Labute approximate surface area is 106 Å². The second-order valence-electron chi connectivity index (χ2n) is 4.43. The number of fused-ring (bicyclic) bond motifs is 1. The van der Waals surface area contributed by atoms with E-state index in [-0.39, 0.29) is 12.6 Å². The fraction of sp³-hybridized carbons (Fsp3) is 0.538. The Morgan fingerprint density at radius 3 is 2.83 bits per heavy atom. The third-order valence-electron chi connectivity index (χ3n) is 3.30. The molecule has 0 spiro atoms. The van der Waals surface area contributed by atoms with E-state index in [1.807, 2.05) is 18.2 Å². The SMILES string of the molecule is OCC1COCCN1c1ccc2c(c1)OCCO2. The standard InChI is InChI=1S/C13H17NO4/c15-8-11-9-16-4-3-14(11)10-1-2-12-13(7-10)18-6-5-17-12/h1-2,7,11,15H,3-6,8-9H2. The number of nitrogens with zero attached hydrogens (tertiary/aromatic N) is 1. The molecule has 0 amide bonds. The number of rotatable bonds is 2. The summed E-state index contributed by atoms with van der Waals surface area (Å²) < 4.78 is 16.5. The monoisotopic (exact) mass is 251 g/mol. The lowest BCUT2D eigenvalue weighted by molar-refractivity contribution is 0.0726. The highest BCUT2D eigenvalue weighted by Crippen LogP contribution is 2.34. The van der Waals surface area contributed by atoms with Gasteiger partial charge in [-0.3, -0.25) is 0 Å². The van der Waals surface area contributed by atoms with Gasteiger partial charge in [0, 0.05) is 18.3 Å². The summed E-state index contributed by atoms with van der Waals surface area (Å²) in [6, 6.07) is 5.92. The summed E-state index contributed by atoms with van der Waals surface area (Å²) in [4.78, 5) is 2.15. The van der Waals surface area contributed by atoms with E-state index in [4.69, 9.17) is 14.2 Å². The van der Waals surface area contributed by atoms with Gasteiger partial charge < -0.3 is 24.2 Å². The third-order valence-corrected chi connectivity index (χ3v) is 3.30. The summed E-state index contributed by atoms with van der Waals surface area (Å²) in [5.41, 5.74) is 1.04. The van der Waals surface area contributed by atoms with E-state index in [0.717, 1.165) is 23.7 Å². The highest BCUT2D eigenvalue weighted by atomic mass is 16.6. The summed E-state index contributed by atoms with van der Waals surface area (Å²) in [5.74, 6) is 1.57. The first-order valence-electron chi connectivity index (χ1n) is 6.23. The number of benzene rings is 1. The van der Waals surface area contributed by atoms with Crippen LogP contribution in [0.1, 0.15) is 0 Å². The molecule has 18 heavy (non-hydrogen) atoms. The fourth-order valence-electron chi connectivity index (χ4n) is 2.36. The predicted octanol–water partition coefficient (Wildman–Crippen LogP) is 0.655. The van der Waals surface area contributed by atoms with Crippen molar-refractivity contribution >= 4 is 5.69 Å². The molecule has 1 aromatic rings. The zero-order valence-electron chi connectivity index (χ0n) is 10.2. The van der Waals surface area contributed by atoms with Gasteiger partial charge in [-0.25, -0.2) is 0 Å². The highest BCUT2D eigenvalue weighted by molar-refractivity contribution is 5.57. The lowest BCUT2D eigenvalue weighted by atomic mass is 10.2. The zero-order chi connectivity index (χ0) is 12.4. The van der Waals surface area contributed by atoms with Crippen molar-refractivity contribution < 1.29 is 19.3 Å². The summed E-state index contributed by atoms with van der Waals surface area (Å²) in [5, 5.41) is 9.38. The lowest BCUT2D eigenvalue weighted by Gasteiger charge is -2.36. The summed E-state index contributed by atoms with van der Waals surface area (Å²) in [6.45, 7) is 3.31. The van der Waals surface area contributed by atoms with Gasteiger partial charge >= 0.3 is 0 Å². The van der Waals surface area contributed by atoms with E-state index in [9.17, 15) is 5.11 Å². The molecular weight excluding hydrogens is 234 g/mol. The third kappa shape index (κ3) is 2.11. The predicted molar refractivity (Wildman–Crippen MR) is 66.5 cm³/mol. The molecule has 5 nitrogen and oxygen atoms in total. The first-order valence-corrected chi connectivity index (χ1v) is 6.23. The van der Waals surface area contributed by atoms with Crippen molar-refractivity contribution in [1.29, 1.82) is 0 Å². The molecule has 0 aromatic heterocycles. The Balaban J connectivity index is 1.86. The van der Waals surface area contributed by atoms with Gasteiger partial charge in [0.25, 0.3) is 0 Å². The normalized spacial score (nSPS) is 22.9. The van der Waals surface area contributed by atoms with Crippen LogP contribution in [0.2, 0.25) is 0 Å². The molecule has 2 aliphatic rings. The van der Waals surface area contributed by atoms with E-state index in [1.54, 1.807) is 0 Å². The van der Waals surface area contributed by atoms with Gasteiger partial charge in [-0.05, 0) is 12.1 Å². The van der Waals surface area contributed by atoms with Gasteiger partial charge in [0.05, 0.1) is 25.9 Å². The van der Waals surface area contributed by atoms with Crippen LogP contribution in [0, 0.1) is 0 Å². The molecule has 1 saturated heterocycles. The van der Waals surface area contributed by atoms with Crippen LogP contribution in [-0.2, 0) is 4.74 Å². The van der Waals surface area contributed by atoms with E-state index in [2.05, 4.69) is 4.90 Å². The highest BCUT2D eigenvalue weighted by Gasteiger charge is 2.24. The molecule has 0 aliphatic carbocycles. The number of anilines is 1. The molecule has 0 saturated carbocycles. The molecule has 1 atom stereocenters. The van der Waals surface area contributed by atoms with Crippen LogP contribution in [-0.4, -0.2) is 50.7 Å². The molecule has 2 aliphatic heterocycles. The Bertz CT molecular complexity index is 423. The number of ether oxygens (including phenoxy) is 3. The Kier molecular flexibility index (Phi) is 3.25. The maximum absolute atomic E-state index is 9.38. The van der Waals surface area contributed by atoms with Crippen molar-refractivity contribution in [3.05, 3.63) is 18.2 Å². The molecule has 1 aromatic carbocycles. The second kappa shape index (κ2) is 5.04. The van der Waals surface area contributed by atoms with Crippen LogP contribution in [0.25, 0.3) is 0 Å². The average Bonchev–Trinajstić information content (AvgIpc) is 2.46. The Morgan fingerprint density at radius 2 is 2.00 bits per heavy atom. The average molecular weight is 251 g/mol. The number of morpholine rings is 1. The van der Waals surface area contributed by atoms with Crippen LogP contribution in [0.5, 0.6) is 11.5 Å². The van der Waals surface area contributed by atoms with Gasteiger partial charge in [-0.2, -0.15) is 0 Å². The first-order chi connectivity index (χ1) is 8.88. The van der Waals surface area contributed by atoms with E-state index in [1.165, 1.54) is 0 Å². The molecule has 5 heteroatoms. The van der Waals surface area contributed by atoms with Crippen LogP contribution in [0.15, 0.2) is 18.2 Å². The molecule has 1 N–H and O–H groups in total.